The SMILES string of the molecule is CCOC(=O)C(C)NC(=O)c1ccc2c(c1)CCCC2. The fraction of sp³-hybridized carbons (Fsp3) is 0.500. The van der Waals surface area contributed by atoms with Gasteiger partial charge in [-0.1, -0.05) is 6.07 Å². The molecule has 0 radical (unpaired) electrons. The van der Waals surface area contributed by atoms with E-state index in [1.54, 1.807) is 13.8 Å². The predicted molar refractivity (Wildman–Crippen MR) is 76.6 cm³/mol. The summed E-state index contributed by atoms with van der Waals surface area (Å²) in [5.41, 5.74) is 3.21. The Morgan fingerprint density at radius 2 is 1.95 bits per heavy atom. The van der Waals surface area contributed by atoms with Crippen LogP contribution in [0.5, 0.6) is 0 Å². The van der Waals surface area contributed by atoms with Crippen molar-refractivity contribution in [1.29, 1.82) is 0 Å². The molecule has 1 atom stereocenters. The van der Waals surface area contributed by atoms with Crippen LogP contribution in [0.4, 0.5) is 0 Å². The van der Waals surface area contributed by atoms with E-state index in [2.05, 4.69) is 5.32 Å². The molecule has 1 unspecified atom stereocenters. The second-order valence-corrected chi connectivity index (χ2v) is 5.14. The van der Waals surface area contributed by atoms with E-state index in [4.69, 9.17) is 4.74 Å². The number of benzene rings is 1. The molecule has 0 saturated carbocycles. The van der Waals surface area contributed by atoms with Gasteiger partial charge in [-0.15, -0.1) is 0 Å². The van der Waals surface area contributed by atoms with Crippen molar-refractivity contribution in [2.75, 3.05) is 6.61 Å². The van der Waals surface area contributed by atoms with Crippen LogP contribution in [0.2, 0.25) is 0 Å². The zero-order chi connectivity index (χ0) is 14.5. The third-order valence-electron chi connectivity index (χ3n) is 3.60. The molecule has 1 aromatic rings. The number of hydrogen-bond donors (Lipinski definition) is 1. The lowest BCUT2D eigenvalue weighted by Gasteiger charge is -2.17. The van der Waals surface area contributed by atoms with Crippen molar-refractivity contribution in [2.45, 2.75) is 45.6 Å². The van der Waals surface area contributed by atoms with Gasteiger partial charge in [0.2, 0.25) is 0 Å². The number of ether oxygens (including phenoxy) is 1. The van der Waals surface area contributed by atoms with Gasteiger partial charge in [-0.25, -0.2) is 4.79 Å². The van der Waals surface area contributed by atoms with Gasteiger partial charge in [0.05, 0.1) is 6.61 Å². The van der Waals surface area contributed by atoms with Gasteiger partial charge in [0.1, 0.15) is 6.04 Å². The number of amides is 1. The summed E-state index contributed by atoms with van der Waals surface area (Å²) in [6, 6.07) is 5.18. The fourth-order valence-electron chi connectivity index (χ4n) is 2.48. The van der Waals surface area contributed by atoms with Gasteiger partial charge in [-0.3, -0.25) is 4.79 Å². The largest absolute Gasteiger partial charge is 0.464 e. The van der Waals surface area contributed by atoms with Gasteiger partial charge in [-0.05, 0) is 62.8 Å². The molecule has 4 heteroatoms. The Bertz CT molecular complexity index is 510. The average Bonchev–Trinajstić information content (AvgIpc) is 2.46. The number of hydrogen-bond acceptors (Lipinski definition) is 3. The molecule has 0 fully saturated rings. The fourth-order valence-corrected chi connectivity index (χ4v) is 2.48. The maximum Gasteiger partial charge on any atom is 0.328 e. The Kier molecular flexibility index (Phi) is 4.77. The molecule has 0 aliphatic heterocycles. The molecule has 1 aromatic carbocycles. The number of rotatable bonds is 4. The highest BCUT2D eigenvalue weighted by Crippen LogP contribution is 2.22. The third-order valence-corrected chi connectivity index (χ3v) is 3.60. The van der Waals surface area contributed by atoms with Crippen LogP contribution in [0.3, 0.4) is 0 Å². The smallest absolute Gasteiger partial charge is 0.328 e. The Morgan fingerprint density at radius 3 is 2.65 bits per heavy atom. The van der Waals surface area contributed by atoms with E-state index >= 15 is 0 Å². The Morgan fingerprint density at radius 1 is 1.25 bits per heavy atom. The van der Waals surface area contributed by atoms with Crippen molar-refractivity contribution in [1.82, 2.24) is 5.32 Å². The maximum absolute atomic E-state index is 12.1. The quantitative estimate of drug-likeness (QED) is 0.857. The van der Waals surface area contributed by atoms with E-state index in [9.17, 15) is 9.59 Å². The van der Waals surface area contributed by atoms with Gasteiger partial charge in [0.15, 0.2) is 0 Å². The summed E-state index contributed by atoms with van der Waals surface area (Å²) in [5, 5.41) is 2.67. The van der Waals surface area contributed by atoms with Crippen LogP contribution in [0.25, 0.3) is 0 Å². The van der Waals surface area contributed by atoms with E-state index in [-0.39, 0.29) is 5.91 Å². The van der Waals surface area contributed by atoms with Crippen molar-refractivity contribution in [3.05, 3.63) is 34.9 Å². The first kappa shape index (κ1) is 14.6. The Hall–Kier alpha value is -1.84. The first-order chi connectivity index (χ1) is 9.61. The molecule has 108 valence electrons. The molecule has 2 rings (SSSR count). The molecular weight excluding hydrogens is 254 g/mol. The molecule has 4 nitrogen and oxygen atoms in total. The van der Waals surface area contributed by atoms with Crippen molar-refractivity contribution < 1.29 is 14.3 Å². The lowest BCUT2D eigenvalue weighted by molar-refractivity contribution is -0.144. The molecule has 1 N–H and O–H groups in total. The first-order valence-electron chi connectivity index (χ1n) is 7.21. The van der Waals surface area contributed by atoms with Gasteiger partial charge in [0.25, 0.3) is 5.91 Å². The molecule has 0 aromatic heterocycles. The molecule has 0 spiro atoms. The molecular formula is C16H21NO3. The van der Waals surface area contributed by atoms with E-state index in [1.165, 1.54) is 24.0 Å². The lowest BCUT2D eigenvalue weighted by Crippen LogP contribution is -2.39. The van der Waals surface area contributed by atoms with Gasteiger partial charge < -0.3 is 10.1 Å². The van der Waals surface area contributed by atoms with Crippen molar-refractivity contribution in [3.8, 4) is 0 Å². The minimum atomic E-state index is -0.626. The first-order valence-corrected chi connectivity index (χ1v) is 7.21. The number of fused-ring (bicyclic) bond motifs is 1. The number of carbonyl (C=O) groups is 2. The molecule has 1 amide bonds. The topological polar surface area (TPSA) is 55.4 Å². The van der Waals surface area contributed by atoms with E-state index in [0.717, 1.165) is 12.8 Å². The van der Waals surface area contributed by atoms with Gasteiger partial charge >= 0.3 is 5.97 Å². The molecule has 20 heavy (non-hydrogen) atoms. The zero-order valence-electron chi connectivity index (χ0n) is 12.1. The molecule has 0 bridgehead atoms. The zero-order valence-corrected chi connectivity index (χ0v) is 12.1. The van der Waals surface area contributed by atoms with Crippen LogP contribution < -0.4 is 5.32 Å². The lowest BCUT2D eigenvalue weighted by atomic mass is 9.90. The average molecular weight is 275 g/mol. The molecule has 1 aliphatic carbocycles. The second kappa shape index (κ2) is 6.55. The highest BCUT2D eigenvalue weighted by molar-refractivity contribution is 5.96. The molecule has 0 saturated heterocycles. The van der Waals surface area contributed by atoms with E-state index in [1.807, 2.05) is 18.2 Å². The van der Waals surface area contributed by atoms with Crippen molar-refractivity contribution in [3.63, 3.8) is 0 Å². The summed E-state index contributed by atoms with van der Waals surface area (Å²) < 4.78 is 4.88. The van der Waals surface area contributed by atoms with Gasteiger partial charge in [0, 0.05) is 5.56 Å². The van der Waals surface area contributed by atoms with Crippen molar-refractivity contribution in [2.24, 2.45) is 0 Å². The highest BCUT2D eigenvalue weighted by atomic mass is 16.5. The number of aryl methyl sites for hydroxylation is 2. The second-order valence-electron chi connectivity index (χ2n) is 5.14. The van der Waals surface area contributed by atoms with Crippen LogP contribution in [0, 0.1) is 0 Å². The normalized spacial score (nSPS) is 15.1. The summed E-state index contributed by atoms with van der Waals surface area (Å²) in [6.45, 7) is 3.70. The highest BCUT2D eigenvalue weighted by Gasteiger charge is 2.18. The number of esters is 1. The minimum absolute atomic E-state index is 0.223. The van der Waals surface area contributed by atoms with Crippen LogP contribution >= 0.6 is 0 Å². The summed E-state index contributed by atoms with van der Waals surface area (Å²) in [5.74, 6) is -0.627. The van der Waals surface area contributed by atoms with Crippen LogP contribution in [0.1, 0.15) is 48.2 Å². The molecule has 1 aliphatic rings. The van der Waals surface area contributed by atoms with E-state index < -0.39 is 12.0 Å². The summed E-state index contributed by atoms with van der Waals surface area (Å²) in [4.78, 5) is 23.6. The van der Waals surface area contributed by atoms with E-state index in [0.29, 0.717) is 12.2 Å². The summed E-state index contributed by atoms with van der Waals surface area (Å²) in [7, 11) is 0. The van der Waals surface area contributed by atoms with Crippen LogP contribution in [0.15, 0.2) is 18.2 Å². The Labute approximate surface area is 119 Å². The van der Waals surface area contributed by atoms with Crippen molar-refractivity contribution >= 4 is 11.9 Å². The van der Waals surface area contributed by atoms with Gasteiger partial charge in [-0.2, -0.15) is 0 Å². The van der Waals surface area contributed by atoms with Crippen LogP contribution in [-0.2, 0) is 22.4 Å². The molecule has 0 heterocycles. The maximum atomic E-state index is 12.1. The standard InChI is InChI=1S/C16H21NO3/c1-3-20-16(19)11(2)17-15(18)14-9-8-12-6-4-5-7-13(12)10-14/h8-11H,3-7H2,1-2H3,(H,17,18). The minimum Gasteiger partial charge on any atom is -0.464 e. The predicted octanol–water partition coefficient (Wildman–Crippen LogP) is 2.25. The monoisotopic (exact) mass is 275 g/mol. The number of carbonyl (C=O) groups excluding carboxylic acids is 2. The number of nitrogens with one attached hydrogen (secondary N) is 1. The summed E-state index contributed by atoms with van der Waals surface area (Å²) >= 11 is 0. The summed E-state index contributed by atoms with van der Waals surface area (Å²) in [6.07, 6.45) is 4.52. The van der Waals surface area contributed by atoms with Crippen LogP contribution in [-0.4, -0.2) is 24.5 Å². The third kappa shape index (κ3) is 3.38. The Balaban J connectivity index is 2.04.